The summed E-state index contributed by atoms with van der Waals surface area (Å²) in [7, 11) is 0. The summed E-state index contributed by atoms with van der Waals surface area (Å²) in [6.07, 6.45) is -0.520. The van der Waals surface area contributed by atoms with Crippen molar-refractivity contribution < 1.29 is 13.9 Å². The first kappa shape index (κ1) is 18.0. The van der Waals surface area contributed by atoms with Crippen LogP contribution >= 0.6 is 23.2 Å². The van der Waals surface area contributed by atoms with E-state index in [9.17, 15) is 9.18 Å². The zero-order chi connectivity index (χ0) is 16.6. The second kappa shape index (κ2) is 5.99. The Kier molecular flexibility index (Phi) is 5.13. The van der Waals surface area contributed by atoms with Gasteiger partial charge >= 0.3 is 6.09 Å². The van der Waals surface area contributed by atoms with Crippen LogP contribution in [0.5, 0.6) is 0 Å². The van der Waals surface area contributed by atoms with E-state index in [1.165, 1.54) is 4.90 Å². The normalized spacial score (nSPS) is 18.5. The highest BCUT2D eigenvalue weighted by atomic mass is 35.5. The second-order valence-electron chi connectivity index (χ2n) is 5.99. The maximum atomic E-state index is 13.6. The highest BCUT2D eigenvalue weighted by Gasteiger charge is 2.48. The van der Waals surface area contributed by atoms with Crippen molar-refractivity contribution in [1.29, 1.82) is 0 Å². The predicted octanol–water partition coefficient (Wildman–Crippen LogP) is 3.66. The SMILES string of the molecule is C=C(Cl)/C(Cl)=C(\C(=C)F)C1(N)CN(C(=O)OC(C)(C)C)C1. The number of allylic oxidation sites excluding steroid dienone is 2. The summed E-state index contributed by atoms with van der Waals surface area (Å²) >= 11 is 11.6. The molecule has 0 spiro atoms. The Morgan fingerprint density at radius 1 is 1.33 bits per heavy atom. The Bertz CT molecular complexity index is 518. The summed E-state index contributed by atoms with van der Waals surface area (Å²) in [4.78, 5) is 13.2. The van der Waals surface area contributed by atoms with E-state index in [2.05, 4.69) is 13.2 Å². The standard InChI is InChI=1S/C14H19Cl2FN2O2/c1-8(15)11(16)10(9(2)17)14(18)6-19(7-14)12(20)21-13(3,4)5/h1-2,6-7,18H2,3-5H3/b11-10-. The molecular formula is C14H19Cl2FN2O2. The van der Waals surface area contributed by atoms with E-state index in [4.69, 9.17) is 33.7 Å². The molecule has 0 bridgehead atoms. The quantitative estimate of drug-likeness (QED) is 0.800. The number of rotatable bonds is 3. The van der Waals surface area contributed by atoms with Crippen LogP contribution in [-0.4, -0.2) is 35.2 Å². The van der Waals surface area contributed by atoms with Gasteiger partial charge in [0.2, 0.25) is 0 Å². The number of nitrogens with zero attached hydrogens (tertiary/aromatic N) is 1. The van der Waals surface area contributed by atoms with Gasteiger partial charge in [-0.1, -0.05) is 36.4 Å². The van der Waals surface area contributed by atoms with Crippen molar-refractivity contribution in [2.75, 3.05) is 13.1 Å². The van der Waals surface area contributed by atoms with Crippen molar-refractivity contribution in [2.24, 2.45) is 5.73 Å². The molecule has 0 unspecified atom stereocenters. The Labute approximate surface area is 134 Å². The van der Waals surface area contributed by atoms with Crippen molar-refractivity contribution in [3.8, 4) is 0 Å². The molecule has 2 N–H and O–H groups in total. The van der Waals surface area contributed by atoms with Crippen molar-refractivity contribution in [1.82, 2.24) is 4.90 Å². The Morgan fingerprint density at radius 2 is 1.81 bits per heavy atom. The van der Waals surface area contributed by atoms with Crippen molar-refractivity contribution in [3.05, 3.63) is 34.6 Å². The monoisotopic (exact) mass is 336 g/mol. The third-order valence-electron chi connectivity index (χ3n) is 2.82. The number of ether oxygens (including phenoxy) is 1. The molecule has 0 atom stereocenters. The average Bonchev–Trinajstić information content (AvgIpc) is 2.22. The van der Waals surface area contributed by atoms with Gasteiger partial charge in [-0.25, -0.2) is 9.18 Å². The summed E-state index contributed by atoms with van der Waals surface area (Å²) in [5, 5.41) is -0.124. The molecule has 1 amide bonds. The molecule has 21 heavy (non-hydrogen) atoms. The van der Waals surface area contributed by atoms with E-state index in [1.54, 1.807) is 20.8 Å². The van der Waals surface area contributed by atoms with E-state index in [-0.39, 0.29) is 28.7 Å². The number of halogens is 3. The summed E-state index contributed by atoms with van der Waals surface area (Å²) in [5.74, 6) is -0.798. The molecule has 1 saturated heterocycles. The predicted molar refractivity (Wildman–Crippen MR) is 82.8 cm³/mol. The van der Waals surface area contributed by atoms with Gasteiger partial charge in [0.05, 0.1) is 15.6 Å². The van der Waals surface area contributed by atoms with Crippen molar-refractivity contribution >= 4 is 29.3 Å². The van der Waals surface area contributed by atoms with Gasteiger partial charge in [0.1, 0.15) is 11.4 Å². The van der Waals surface area contributed by atoms with Crippen molar-refractivity contribution in [3.63, 3.8) is 0 Å². The Hall–Kier alpha value is -1.04. The van der Waals surface area contributed by atoms with Crippen LogP contribution in [0, 0.1) is 0 Å². The van der Waals surface area contributed by atoms with Crippen LogP contribution in [-0.2, 0) is 4.74 Å². The van der Waals surface area contributed by atoms with Gasteiger partial charge in [-0.15, -0.1) is 0 Å². The van der Waals surface area contributed by atoms with Gasteiger partial charge in [-0.3, -0.25) is 0 Å². The molecule has 1 heterocycles. The number of nitrogens with two attached hydrogens (primary N) is 1. The van der Waals surface area contributed by atoms with Gasteiger partial charge < -0.3 is 15.4 Å². The number of carbonyl (C=O) groups is 1. The first-order valence-corrected chi connectivity index (χ1v) is 6.99. The lowest BCUT2D eigenvalue weighted by Crippen LogP contribution is -2.70. The Morgan fingerprint density at radius 3 is 2.14 bits per heavy atom. The number of likely N-dealkylation sites (tertiary alicyclic amines) is 1. The molecule has 0 aromatic carbocycles. The third-order valence-corrected chi connectivity index (χ3v) is 3.53. The molecule has 0 aromatic rings. The molecule has 1 fully saturated rings. The van der Waals surface area contributed by atoms with E-state index >= 15 is 0 Å². The topological polar surface area (TPSA) is 55.6 Å². The van der Waals surface area contributed by atoms with Crippen LogP contribution < -0.4 is 5.73 Å². The minimum atomic E-state index is -1.16. The summed E-state index contributed by atoms with van der Waals surface area (Å²) in [6.45, 7) is 12.0. The molecule has 118 valence electrons. The van der Waals surface area contributed by atoms with Crippen LogP contribution in [0.15, 0.2) is 34.6 Å². The van der Waals surface area contributed by atoms with Crippen molar-refractivity contribution in [2.45, 2.75) is 31.9 Å². The van der Waals surface area contributed by atoms with E-state index in [0.717, 1.165) is 0 Å². The largest absolute Gasteiger partial charge is 0.444 e. The molecule has 4 nitrogen and oxygen atoms in total. The lowest BCUT2D eigenvalue weighted by molar-refractivity contribution is -0.00189. The molecule has 1 rings (SSSR count). The minimum Gasteiger partial charge on any atom is -0.444 e. The molecule has 0 aliphatic carbocycles. The van der Waals surface area contributed by atoms with Gasteiger partial charge in [0.15, 0.2) is 0 Å². The number of hydrogen-bond acceptors (Lipinski definition) is 3. The highest BCUT2D eigenvalue weighted by Crippen LogP contribution is 2.37. The lowest BCUT2D eigenvalue weighted by Gasteiger charge is -2.48. The Balaban J connectivity index is 2.89. The van der Waals surface area contributed by atoms with Crippen LogP contribution in [0.2, 0.25) is 0 Å². The zero-order valence-electron chi connectivity index (χ0n) is 12.3. The number of amides is 1. The minimum absolute atomic E-state index is 0.0361. The third kappa shape index (κ3) is 4.22. The van der Waals surface area contributed by atoms with Crippen LogP contribution in [0.1, 0.15) is 20.8 Å². The van der Waals surface area contributed by atoms with Gasteiger partial charge in [0.25, 0.3) is 0 Å². The fraction of sp³-hybridized carbons (Fsp3) is 0.500. The molecule has 1 aliphatic heterocycles. The fourth-order valence-corrected chi connectivity index (χ4v) is 2.38. The number of hydrogen-bond donors (Lipinski definition) is 1. The molecule has 0 aromatic heterocycles. The summed E-state index contributed by atoms with van der Waals surface area (Å²) in [5.41, 5.74) is 4.28. The molecule has 1 aliphatic rings. The van der Waals surface area contributed by atoms with Crippen LogP contribution in [0.3, 0.4) is 0 Å². The first-order valence-electron chi connectivity index (χ1n) is 6.24. The van der Waals surface area contributed by atoms with Crippen LogP contribution in [0.4, 0.5) is 9.18 Å². The number of carbonyl (C=O) groups excluding carboxylic acids is 1. The molecule has 7 heteroatoms. The summed E-state index contributed by atoms with van der Waals surface area (Å²) in [6, 6.07) is 0. The average molecular weight is 337 g/mol. The first-order chi connectivity index (χ1) is 9.37. The van der Waals surface area contributed by atoms with Gasteiger partial charge in [-0.05, 0) is 20.8 Å². The van der Waals surface area contributed by atoms with Gasteiger partial charge in [-0.2, -0.15) is 0 Å². The second-order valence-corrected chi connectivity index (χ2v) is 6.83. The molecular weight excluding hydrogens is 318 g/mol. The lowest BCUT2D eigenvalue weighted by atomic mass is 9.82. The molecule has 0 saturated carbocycles. The highest BCUT2D eigenvalue weighted by molar-refractivity contribution is 6.44. The maximum Gasteiger partial charge on any atom is 0.410 e. The van der Waals surface area contributed by atoms with Gasteiger partial charge in [0, 0.05) is 18.7 Å². The summed E-state index contributed by atoms with van der Waals surface area (Å²) < 4.78 is 18.8. The van der Waals surface area contributed by atoms with E-state index in [1.807, 2.05) is 0 Å². The fourth-order valence-electron chi connectivity index (χ4n) is 1.99. The smallest absolute Gasteiger partial charge is 0.410 e. The van der Waals surface area contributed by atoms with E-state index < -0.39 is 23.1 Å². The van der Waals surface area contributed by atoms with E-state index in [0.29, 0.717) is 0 Å². The zero-order valence-corrected chi connectivity index (χ0v) is 13.8. The maximum absolute atomic E-state index is 13.6. The van der Waals surface area contributed by atoms with Crippen LogP contribution in [0.25, 0.3) is 0 Å². The molecule has 0 radical (unpaired) electrons.